The van der Waals surface area contributed by atoms with E-state index in [9.17, 15) is 19.1 Å². The molecule has 4 rings (SSSR count). The summed E-state index contributed by atoms with van der Waals surface area (Å²) in [5.74, 6) is -1.39. The van der Waals surface area contributed by atoms with E-state index >= 15 is 0 Å². The van der Waals surface area contributed by atoms with Gasteiger partial charge in [-0.25, -0.2) is 9.37 Å². The Morgan fingerprint density at radius 1 is 1.13 bits per heavy atom. The van der Waals surface area contributed by atoms with Crippen molar-refractivity contribution in [1.82, 2.24) is 9.55 Å². The lowest BCUT2D eigenvalue weighted by Gasteiger charge is -2.22. The molecule has 0 aliphatic rings. The SMILES string of the molecule is CCn1c(CNc2ccc(C(=N)N)cc2F)nc2cc(C(=O)N(CCC(=O)O)c3cccc(C)c3)ccc21. The number of nitrogens with one attached hydrogen (secondary N) is 2. The number of carbonyl (C=O) groups is 2. The third-order valence-corrected chi connectivity index (χ3v) is 6.22. The number of benzene rings is 3. The molecule has 4 aromatic rings. The molecule has 38 heavy (non-hydrogen) atoms. The van der Waals surface area contributed by atoms with Crippen molar-refractivity contribution in [3.05, 3.63) is 89.0 Å². The number of anilines is 2. The number of fused-ring (bicyclic) bond motifs is 1. The number of aryl methyl sites for hydroxylation is 2. The predicted octanol–water partition coefficient (Wildman–Crippen LogP) is 4.52. The molecule has 0 saturated carbocycles. The first-order valence-electron chi connectivity index (χ1n) is 12.1. The van der Waals surface area contributed by atoms with Crippen LogP contribution in [0.3, 0.4) is 0 Å². The maximum Gasteiger partial charge on any atom is 0.305 e. The Bertz CT molecular complexity index is 1530. The summed E-state index contributed by atoms with van der Waals surface area (Å²) >= 11 is 0. The van der Waals surface area contributed by atoms with E-state index in [0.717, 1.165) is 11.1 Å². The summed E-state index contributed by atoms with van der Waals surface area (Å²) in [6.45, 7) is 4.75. The number of nitrogens with zero attached hydrogens (tertiary/aromatic N) is 3. The lowest BCUT2D eigenvalue weighted by Crippen LogP contribution is -2.33. The molecule has 3 aromatic carbocycles. The minimum Gasteiger partial charge on any atom is -0.481 e. The summed E-state index contributed by atoms with van der Waals surface area (Å²) < 4.78 is 16.4. The lowest BCUT2D eigenvalue weighted by molar-refractivity contribution is -0.136. The quantitative estimate of drug-likeness (QED) is 0.181. The van der Waals surface area contributed by atoms with E-state index in [1.807, 2.05) is 42.7 Å². The summed E-state index contributed by atoms with van der Waals surface area (Å²) in [4.78, 5) is 30.9. The van der Waals surface area contributed by atoms with Gasteiger partial charge in [0, 0.05) is 29.9 Å². The molecule has 10 heteroatoms. The Morgan fingerprint density at radius 2 is 1.89 bits per heavy atom. The van der Waals surface area contributed by atoms with Crippen LogP contribution in [0.15, 0.2) is 60.7 Å². The summed E-state index contributed by atoms with van der Waals surface area (Å²) in [5, 5.41) is 19.7. The molecule has 0 aliphatic heterocycles. The maximum atomic E-state index is 14.5. The second-order valence-corrected chi connectivity index (χ2v) is 8.88. The first-order valence-corrected chi connectivity index (χ1v) is 12.1. The second kappa shape index (κ2) is 11.1. The highest BCUT2D eigenvalue weighted by atomic mass is 19.1. The number of rotatable bonds is 10. The number of hydrogen-bond acceptors (Lipinski definition) is 5. The molecule has 0 radical (unpaired) electrons. The Balaban J connectivity index is 1.62. The number of carboxylic acid groups (broad SMARTS) is 1. The Labute approximate surface area is 219 Å². The Morgan fingerprint density at radius 3 is 2.55 bits per heavy atom. The molecule has 196 valence electrons. The van der Waals surface area contributed by atoms with E-state index in [0.29, 0.717) is 34.7 Å². The van der Waals surface area contributed by atoms with E-state index in [1.165, 1.54) is 17.0 Å². The molecule has 0 bridgehead atoms. The smallest absolute Gasteiger partial charge is 0.305 e. The van der Waals surface area contributed by atoms with Crippen LogP contribution in [0, 0.1) is 18.2 Å². The summed E-state index contributed by atoms with van der Waals surface area (Å²) in [7, 11) is 0. The standard InChI is InChI=1S/C28H29FN6O3/c1-3-34-24-10-8-19(28(38)35(12-11-26(36)37)20-6-4-5-17(2)13-20)15-23(24)33-25(34)16-32-22-9-7-18(27(30)31)14-21(22)29/h4-10,13-15,32H,3,11-12,16H2,1-2H3,(H3,30,31)(H,36,37). The van der Waals surface area contributed by atoms with Crippen molar-refractivity contribution in [1.29, 1.82) is 5.41 Å². The zero-order valence-corrected chi connectivity index (χ0v) is 21.2. The number of imidazole rings is 1. The van der Waals surface area contributed by atoms with Crippen LogP contribution < -0.4 is 16.0 Å². The average molecular weight is 517 g/mol. The summed E-state index contributed by atoms with van der Waals surface area (Å²) in [6.07, 6.45) is -0.188. The first kappa shape index (κ1) is 26.3. The predicted molar refractivity (Wildman–Crippen MR) is 145 cm³/mol. The zero-order chi connectivity index (χ0) is 27.4. The van der Waals surface area contributed by atoms with Crippen LogP contribution in [0.1, 0.15) is 40.7 Å². The molecule has 0 spiro atoms. The van der Waals surface area contributed by atoms with Crippen molar-refractivity contribution in [2.24, 2.45) is 5.73 Å². The third kappa shape index (κ3) is 5.64. The highest BCUT2D eigenvalue weighted by molar-refractivity contribution is 6.07. The van der Waals surface area contributed by atoms with E-state index in [1.54, 1.807) is 24.3 Å². The van der Waals surface area contributed by atoms with Crippen molar-refractivity contribution in [2.75, 3.05) is 16.8 Å². The molecule has 1 heterocycles. The lowest BCUT2D eigenvalue weighted by atomic mass is 10.1. The van der Waals surface area contributed by atoms with Gasteiger partial charge in [-0.2, -0.15) is 0 Å². The average Bonchev–Trinajstić information content (AvgIpc) is 3.24. The summed E-state index contributed by atoms with van der Waals surface area (Å²) in [6, 6.07) is 16.9. The van der Waals surface area contributed by atoms with Crippen molar-refractivity contribution >= 4 is 40.1 Å². The van der Waals surface area contributed by atoms with Gasteiger partial charge in [-0.05, 0) is 67.9 Å². The Kier molecular flexibility index (Phi) is 7.71. The number of nitrogens with two attached hydrogens (primary N) is 1. The van der Waals surface area contributed by atoms with Gasteiger partial charge in [-0.3, -0.25) is 15.0 Å². The normalized spacial score (nSPS) is 10.9. The fourth-order valence-electron chi connectivity index (χ4n) is 4.31. The van der Waals surface area contributed by atoms with Gasteiger partial charge in [-0.15, -0.1) is 0 Å². The van der Waals surface area contributed by atoms with Gasteiger partial charge in [0.05, 0.1) is 29.7 Å². The largest absolute Gasteiger partial charge is 0.481 e. The van der Waals surface area contributed by atoms with Crippen LogP contribution in [0.2, 0.25) is 0 Å². The van der Waals surface area contributed by atoms with Crippen molar-refractivity contribution < 1.29 is 19.1 Å². The van der Waals surface area contributed by atoms with Gasteiger partial charge >= 0.3 is 5.97 Å². The minimum absolute atomic E-state index is 0.0300. The van der Waals surface area contributed by atoms with Gasteiger partial charge in [0.15, 0.2) is 0 Å². The van der Waals surface area contributed by atoms with Crippen molar-refractivity contribution in [3.8, 4) is 0 Å². The molecule has 0 unspecified atom stereocenters. The van der Waals surface area contributed by atoms with Gasteiger partial charge < -0.3 is 25.6 Å². The number of aromatic nitrogens is 2. The van der Waals surface area contributed by atoms with Crippen LogP contribution in [-0.2, 0) is 17.9 Å². The van der Waals surface area contributed by atoms with Crippen molar-refractivity contribution in [2.45, 2.75) is 33.4 Å². The molecule has 0 saturated heterocycles. The maximum absolute atomic E-state index is 14.5. The minimum atomic E-state index is -0.989. The van der Waals surface area contributed by atoms with Crippen LogP contribution in [0.25, 0.3) is 11.0 Å². The number of halogens is 1. The zero-order valence-electron chi connectivity index (χ0n) is 21.2. The van der Waals surface area contributed by atoms with Gasteiger partial charge in [0.1, 0.15) is 17.5 Å². The van der Waals surface area contributed by atoms with Gasteiger partial charge in [-0.1, -0.05) is 12.1 Å². The van der Waals surface area contributed by atoms with Crippen LogP contribution in [0.5, 0.6) is 0 Å². The first-order chi connectivity index (χ1) is 18.2. The topological polar surface area (TPSA) is 137 Å². The molecule has 1 aromatic heterocycles. The van der Waals surface area contributed by atoms with E-state index in [-0.39, 0.29) is 36.9 Å². The fraction of sp³-hybridized carbons (Fsp3) is 0.214. The van der Waals surface area contributed by atoms with E-state index in [4.69, 9.17) is 16.1 Å². The van der Waals surface area contributed by atoms with E-state index in [2.05, 4.69) is 5.32 Å². The number of hydrogen-bond donors (Lipinski definition) is 4. The Hall–Kier alpha value is -4.73. The van der Waals surface area contributed by atoms with E-state index < -0.39 is 11.8 Å². The molecular formula is C28H29FN6O3. The number of carboxylic acids is 1. The van der Waals surface area contributed by atoms with Crippen LogP contribution in [-0.4, -0.2) is 38.9 Å². The molecule has 1 amide bonds. The second-order valence-electron chi connectivity index (χ2n) is 8.88. The molecule has 9 nitrogen and oxygen atoms in total. The number of amidine groups is 1. The molecule has 0 atom stereocenters. The number of aliphatic carboxylic acids is 1. The van der Waals surface area contributed by atoms with Crippen LogP contribution >= 0.6 is 0 Å². The fourth-order valence-corrected chi connectivity index (χ4v) is 4.31. The highest BCUT2D eigenvalue weighted by Gasteiger charge is 2.21. The molecule has 0 fully saturated rings. The van der Waals surface area contributed by atoms with Crippen molar-refractivity contribution in [3.63, 3.8) is 0 Å². The summed E-state index contributed by atoms with van der Waals surface area (Å²) in [5.41, 5.74) is 9.37. The molecular weight excluding hydrogens is 487 g/mol. The van der Waals surface area contributed by atoms with Gasteiger partial charge in [0.25, 0.3) is 5.91 Å². The number of amides is 1. The molecule has 5 N–H and O–H groups in total. The highest BCUT2D eigenvalue weighted by Crippen LogP contribution is 2.24. The monoisotopic (exact) mass is 516 g/mol. The van der Waals surface area contributed by atoms with Gasteiger partial charge in [0.2, 0.25) is 0 Å². The van der Waals surface area contributed by atoms with Crippen LogP contribution in [0.4, 0.5) is 15.8 Å². The third-order valence-electron chi connectivity index (χ3n) is 6.22. The number of carbonyl (C=O) groups excluding carboxylic acids is 1. The number of nitrogen functional groups attached to an aromatic ring is 1. The molecule has 0 aliphatic carbocycles.